The first-order valence-corrected chi connectivity index (χ1v) is 6.39. The van der Waals surface area contributed by atoms with Crippen molar-refractivity contribution in [1.29, 1.82) is 5.26 Å². The fourth-order valence-electron chi connectivity index (χ4n) is 1.86. The van der Waals surface area contributed by atoms with E-state index in [1.54, 1.807) is 0 Å². The van der Waals surface area contributed by atoms with Crippen molar-refractivity contribution in [1.82, 2.24) is 10.2 Å². The molecule has 0 saturated heterocycles. The van der Waals surface area contributed by atoms with Crippen molar-refractivity contribution in [3.8, 4) is 6.07 Å². The molecule has 0 aromatic heterocycles. The quantitative estimate of drug-likeness (QED) is 0.672. The molecule has 1 aliphatic carbocycles. The minimum atomic E-state index is 0.219. The Morgan fingerprint density at radius 3 is 2.50 bits per heavy atom. The summed E-state index contributed by atoms with van der Waals surface area (Å²) in [6.07, 6.45) is 4.51. The Morgan fingerprint density at radius 2 is 2.00 bits per heavy atom. The molecule has 1 N–H and O–H groups in total. The lowest BCUT2D eigenvalue weighted by atomic mass is 10.1. The van der Waals surface area contributed by atoms with Crippen LogP contribution in [0.15, 0.2) is 0 Å². The van der Waals surface area contributed by atoms with Crippen LogP contribution in [-0.2, 0) is 0 Å². The van der Waals surface area contributed by atoms with E-state index < -0.39 is 0 Å². The third-order valence-corrected chi connectivity index (χ3v) is 2.85. The number of rotatable bonds is 7. The van der Waals surface area contributed by atoms with E-state index in [0.717, 1.165) is 25.7 Å². The van der Waals surface area contributed by atoms with Gasteiger partial charge in [-0.15, -0.1) is 0 Å². The highest BCUT2D eigenvalue weighted by Crippen LogP contribution is 2.26. The van der Waals surface area contributed by atoms with Crippen LogP contribution in [0.1, 0.15) is 46.5 Å². The van der Waals surface area contributed by atoms with Crippen molar-refractivity contribution in [3.63, 3.8) is 0 Å². The first kappa shape index (κ1) is 13.5. The standard InChI is InChI=1S/C13H25N3/c1-13(2,3)15-9-5-11-16(10-4-8-14)12-6-7-12/h12,15H,4-7,9-11H2,1-3H3. The molecule has 0 aromatic carbocycles. The highest BCUT2D eigenvalue weighted by Gasteiger charge is 2.27. The number of hydrogen-bond donors (Lipinski definition) is 1. The molecule has 0 heterocycles. The second-order valence-electron chi connectivity index (χ2n) is 5.71. The number of nitrogens with one attached hydrogen (secondary N) is 1. The second-order valence-corrected chi connectivity index (χ2v) is 5.71. The molecule has 1 aliphatic rings. The molecule has 16 heavy (non-hydrogen) atoms. The molecule has 0 radical (unpaired) electrons. The normalized spacial score (nSPS) is 16.4. The smallest absolute Gasteiger partial charge is 0.0635 e. The molecule has 0 unspecified atom stereocenters. The van der Waals surface area contributed by atoms with E-state index in [0.29, 0.717) is 6.42 Å². The van der Waals surface area contributed by atoms with Crippen LogP contribution in [0.3, 0.4) is 0 Å². The Morgan fingerprint density at radius 1 is 1.31 bits per heavy atom. The minimum Gasteiger partial charge on any atom is -0.312 e. The summed E-state index contributed by atoms with van der Waals surface area (Å²) in [6.45, 7) is 9.75. The molecule has 0 amide bonds. The molecule has 0 bridgehead atoms. The zero-order valence-corrected chi connectivity index (χ0v) is 10.9. The highest BCUT2D eigenvalue weighted by atomic mass is 15.2. The summed E-state index contributed by atoms with van der Waals surface area (Å²) in [5.74, 6) is 0. The minimum absolute atomic E-state index is 0.219. The maximum atomic E-state index is 8.61. The lowest BCUT2D eigenvalue weighted by Crippen LogP contribution is -2.38. The molecule has 1 saturated carbocycles. The Bertz CT molecular complexity index is 233. The molecule has 3 nitrogen and oxygen atoms in total. The Kier molecular flexibility index (Phi) is 5.24. The van der Waals surface area contributed by atoms with Gasteiger partial charge in [0, 0.05) is 24.5 Å². The van der Waals surface area contributed by atoms with Crippen molar-refractivity contribution in [2.75, 3.05) is 19.6 Å². The van der Waals surface area contributed by atoms with Gasteiger partial charge in [0.05, 0.1) is 6.07 Å². The van der Waals surface area contributed by atoms with Gasteiger partial charge in [0.15, 0.2) is 0 Å². The zero-order valence-electron chi connectivity index (χ0n) is 10.9. The van der Waals surface area contributed by atoms with E-state index in [9.17, 15) is 0 Å². The van der Waals surface area contributed by atoms with Crippen LogP contribution < -0.4 is 5.32 Å². The van der Waals surface area contributed by atoms with Crippen LogP contribution in [0.4, 0.5) is 0 Å². The topological polar surface area (TPSA) is 39.1 Å². The third-order valence-electron chi connectivity index (χ3n) is 2.85. The summed E-state index contributed by atoms with van der Waals surface area (Å²) in [7, 11) is 0. The van der Waals surface area contributed by atoms with Gasteiger partial charge in [-0.3, -0.25) is 4.90 Å². The van der Waals surface area contributed by atoms with Gasteiger partial charge in [-0.05, 0) is 53.1 Å². The molecule has 1 rings (SSSR count). The molecular formula is C13H25N3. The third kappa shape index (κ3) is 6.09. The molecular weight excluding hydrogens is 198 g/mol. The van der Waals surface area contributed by atoms with Gasteiger partial charge < -0.3 is 5.32 Å². The number of nitrogens with zero attached hydrogens (tertiary/aromatic N) is 2. The van der Waals surface area contributed by atoms with Crippen molar-refractivity contribution >= 4 is 0 Å². The van der Waals surface area contributed by atoms with Crippen molar-refractivity contribution < 1.29 is 0 Å². The first-order chi connectivity index (χ1) is 7.53. The monoisotopic (exact) mass is 223 g/mol. The average Bonchev–Trinajstić information content (AvgIpc) is 2.98. The maximum absolute atomic E-state index is 8.61. The van der Waals surface area contributed by atoms with Crippen LogP contribution in [0.2, 0.25) is 0 Å². The summed E-state index contributed by atoms with van der Waals surface area (Å²) in [5.41, 5.74) is 0.219. The van der Waals surface area contributed by atoms with E-state index in [-0.39, 0.29) is 5.54 Å². The van der Waals surface area contributed by atoms with E-state index in [4.69, 9.17) is 5.26 Å². The average molecular weight is 223 g/mol. The predicted octanol–water partition coefficient (Wildman–Crippen LogP) is 2.14. The lowest BCUT2D eigenvalue weighted by molar-refractivity contribution is 0.260. The lowest BCUT2D eigenvalue weighted by Gasteiger charge is -2.23. The molecule has 92 valence electrons. The van der Waals surface area contributed by atoms with E-state index in [2.05, 4.69) is 37.1 Å². The summed E-state index contributed by atoms with van der Waals surface area (Å²) >= 11 is 0. The van der Waals surface area contributed by atoms with Gasteiger partial charge in [0.2, 0.25) is 0 Å². The molecule has 0 aromatic rings. The SMILES string of the molecule is CC(C)(C)NCCCN(CCC#N)C1CC1. The molecule has 0 spiro atoms. The highest BCUT2D eigenvalue weighted by molar-refractivity contribution is 4.86. The van der Waals surface area contributed by atoms with Gasteiger partial charge in [-0.2, -0.15) is 5.26 Å². The van der Waals surface area contributed by atoms with Gasteiger partial charge in [-0.1, -0.05) is 0 Å². The first-order valence-electron chi connectivity index (χ1n) is 6.39. The van der Waals surface area contributed by atoms with Crippen LogP contribution in [0.5, 0.6) is 0 Å². The second kappa shape index (κ2) is 6.22. The van der Waals surface area contributed by atoms with Crippen molar-refractivity contribution in [2.45, 2.75) is 58.0 Å². The van der Waals surface area contributed by atoms with Crippen LogP contribution in [-0.4, -0.2) is 36.1 Å². The molecule has 3 heteroatoms. The predicted molar refractivity (Wildman–Crippen MR) is 67.2 cm³/mol. The van der Waals surface area contributed by atoms with E-state index >= 15 is 0 Å². The van der Waals surface area contributed by atoms with Crippen LogP contribution in [0.25, 0.3) is 0 Å². The van der Waals surface area contributed by atoms with E-state index in [1.165, 1.54) is 19.3 Å². The maximum Gasteiger partial charge on any atom is 0.0635 e. The summed E-state index contributed by atoms with van der Waals surface area (Å²) < 4.78 is 0. The van der Waals surface area contributed by atoms with Crippen LogP contribution >= 0.6 is 0 Å². The molecule has 0 aliphatic heterocycles. The largest absolute Gasteiger partial charge is 0.312 e. The van der Waals surface area contributed by atoms with Gasteiger partial charge >= 0.3 is 0 Å². The fraction of sp³-hybridized carbons (Fsp3) is 0.923. The van der Waals surface area contributed by atoms with Crippen LogP contribution in [0, 0.1) is 11.3 Å². The Labute approximate surface area is 99.8 Å². The fourth-order valence-corrected chi connectivity index (χ4v) is 1.86. The Hall–Kier alpha value is -0.590. The Balaban J connectivity index is 2.11. The van der Waals surface area contributed by atoms with E-state index in [1.807, 2.05) is 0 Å². The van der Waals surface area contributed by atoms with Gasteiger partial charge in [0.1, 0.15) is 0 Å². The number of nitriles is 1. The summed E-state index contributed by atoms with van der Waals surface area (Å²) in [4.78, 5) is 2.48. The molecule has 1 fully saturated rings. The van der Waals surface area contributed by atoms with Gasteiger partial charge in [0.25, 0.3) is 0 Å². The van der Waals surface area contributed by atoms with Crippen molar-refractivity contribution in [2.24, 2.45) is 0 Å². The van der Waals surface area contributed by atoms with Crippen molar-refractivity contribution in [3.05, 3.63) is 0 Å². The number of hydrogen-bond acceptors (Lipinski definition) is 3. The zero-order chi connectivity index (χ0) is 12.0. The summed E-state index contributed by atoms with van der Waals surface area (Å²) in [6, 6.07) is 3.02. The van der Waals surface area contributed by atoms with Gasteiger partial charge in [-0.25, -0.2) is 0 Å². The summed E-state index contributed by atoms with van der Waals surface area (Å²) in [5, 5.41) is 12.1. The molecule has 0 atom stereocenters.